The Morgan fingerprint density at radius 2 is 2.31 bits per heavy atom. The van der Waals surface area contributed by atoms with Gasteiger partial charge in [0, 0.05) is 28.4 Å². The first-order valence-electron chi connectivity index (χ1n) is 5.12. The number of halogens is 1. The van der Waals surface area contributed by atoms with Gasteiger partial charge in [0.1, 0.15) is 7.85 Å². The molecule has 0 saturated heterocycles. The highest BCUT2D eigenvalue weighted by molar-refractivity contribution is 9.15. The number of nitrogens with zero attached hydrogens (tertiary/aromatic N) is 2. The van der Waals surface area contributed by atoms with Crippen molar-refractivity contribution >= 4 is 34.0 Å². The molecule has 0 spiro atoms. The molecule has 0 bridgehead atoms. The molecule has 1 aromatic rings. The second kappa shape index (κ2) is 3.70. The van der Waals surface area contributed by atoms with Crippen molar-refractivity contribution in [3.8, 4) is 0 Å². The Bertz CT molecular complexity index is 546. The number of pyridine rings is 1. The zero-order chi connectivity index (χ0) is 11.1. The summed E-state index contributed by atoms with van der Waals surface area (Å²) in [5.74, 6) is 0.168. The number of aromatic nitrogens is 1. The van der Waals surface area contributed by atoms with Crippen LogP contribution in [0.2, 0.25) is 0 Å². The molecule has 3 rings (SSSR count). The highest BCUT2D eigenvalue weighted by Gasteiger charge is 2.29. The van der Waals surface area contributed by atoms with Crippen LogP contribution in [0.25, 0.3) is 4.48 Å². The van der Waals surface area contributed by atoms with Gasteiger partial charge in [0.2, 0.25) is 0 Å². The lowest BCUT2D eigenvalue weighted by atomic mass is 9.72. The largest absolute Gasteiger partial charge is 0.259 e. The van der Waals surface area contributed by atoms with Crippen molar-refractivity contribution in [3.63, 3.8) is 0 Å². The summed E-state index contributed by atoms with van der Waals surface area (Å²) in [4.78, 5) is 8.82. The highest BCUT2D eigenvalue weighted by atomic mass is 79.9. The Morgan fingerprint density at radius 1 is 1.44 bits per heavy atom. The lowest BCUT2D eigenvalue weighted by Crippen LogP contribution is -2.26. The zero-order valence-corrected chi connectivity index (χ0v) is 10.1. The lowest BCUT2D eigenvalue weighted by molar-refractivity contribution is 0.838. The average molecular weight is 271 g/mol. The van der Waals surface area contributed by atoms with E-state index in [1.807, 2.05) is 24.4 Å². The molecule has 2 radical (unpaired) electrons. The molecule has 2 nitrogen and oxygen atoms in total. The number of aliphatic imine (C=N–C) groups is 1. The van der Waals surface area contributed by atoms with E-state index in [1.54, 1.807) is 6.20 Å². The van der Waals surface area contributed by atoms with E-state index in [4.69, 9.17) is 7.85 Å². The maximum absolute atomic E-state index is 6.14. The van der Waals surface area contributed by atoms with Crippen molar-refractivity contribution in [1.29, 1.82) is 0 Å². The van der Waals surface area contributed by atoms with E-state index in [0.717, 1.165) is 33.3 Å². The van der Waals surface area contributed by atoms with Gasteiger partial charge in [0.05, 0.1) is 11.4 Å². The van der Waals surface area contributed by atoms with Gasteiger partial charge in [-0.3, -0.25) is 9.98 Å². The van der Waals surface area contributed by atoms with Gasteiger partial charge in [0.25, 0.3) is 0 Å². The standard InChI is InChI=1S/C12H8BBrN2/c13-9-7-3-1-5-15-11(7)12-8(10(9)14)4-2-6-16-12/h1-2,4-7H,3H2. The van der Waals surface area contributed by atoms with Crippen molar-refractivity contribution in [3.05, 3.63) is 47.3 Å². The first-order valence-corrected chi connectivity index (χ1v) is 5.92. The molecule has 0 aromatic carbocycles. The van der Waals surface area contributed by atoms with Crippen LogP contribution in [0.15, 0.2) is 41.1 Å². The monoisotopic (exact) mass is 270 g/mol. The SMILES string of the molecule is [B]C1=C(Br)c2cccnc2C2=NC=CCC21. The third-order valence-electron chi connectivity index (χ3n) is 2.94. The maximum atomic E-state index is 6.14. The molecule has 16 heavy (non-hydrogen) atoms. The summed E-state index contributed by atoms with van der Waals surface area (Å²) in [5, 5.41) is 0. The van der Waals surface area contributed by atoms with Crippen LogP contribution in [-0.2, 0) is 0 Å². The molecule has 1 atom stereocenters. The number of allylic oxidation sites excluding steroid dienone is 2. The van der Waals surface area contributed by atoms with E-state index in [9.17, 15) is 0 Å². The molecule has 1 unspecified atom stereocenters. The van der Waals surface area contributed by atoms with E-state index in [-0.39, 0.29) is 5.92 Å². The van der Waals surface area contributed by atoms with E-state index in [2.05, 4.69) is 25.9 Å². The second-order valence-corrected chi connectivity index (χ2v) is 4.65. The van der Waals surface area contributed by atoms with Crippen LogP contribution < -0.4 is 0 Å². The number of hydrogen-bond acceptors (Lipinski definition) is 2. The topological polar surface area (TPSA) is 25.2 Å². The van der Waals surface area contributed by atoms with Gasteiger partial charge in [-0.1, -0.05) is 33.5 Å². The predicted molar refractivity (Wildman–Crippen MR) is 69.6 cm³/mol. The van der Waals surface area contributed by atoms with Gasteiger partial charge in [-0.25, -0.2) is 0 Å². The zero-order valence-electron chi connectivity index (χ0n) is 8.52. The molecule has 76 valence electrons. The molecule has 0 N–H and O–H groups in total. The van der Waals surface area contributed by atoms with Gasteiger partial charge in [-0.2, -0.15) is 0 Å². The molecule has 2 aliphatic rings. The van der Waals surface area contributed by atoms with Gasteiger partial charge in [-0.15, -0.1) is 0 Å². The number of hydrogen-bond donors (Lipinski definition) is 0. The van der Waals surface area contributed by atoms with Crippen LogP contribution in [0.4, 0.5) is 0 Å². The molecule has 1 aromatic heterocycles. The van der Waals surface area contributed by atoms with Crippen LogP contribution in [0.1, 0.15) is 17.7 Å². The minimum atomic E-state index is 0.168. The van der Waals surface area contributed by atoms with E-state index in [1.165, 1.54) is 0 Å². The molecular weight excluding hydrogens is 263 g/mol. The van der Waals surface area contributed by atoms with Crippen LogP contribution in [0.3, 0.4) is 0 Å². The number of rotatable bonds is 0. The van der Waals surface area contributed by atoms with Crippen molar-refractivity contribution in [1.82, 2.24) is 4.98 Å². The summed E-state index contributed by atoms with van der Waals surface area (Å²) in [6, 6.07) is 3.92. The fourth-order valence-electron chi connectivity index (χ4n) is 2.13. The Hall–Kier alpha value is -1.16. The van der Waals surface area contributed by atoms with Gasteiger partial charge < -0.3 is 0 Å². The lowest BCUT2D eigenvalue weighted by Gasteiger charge is -2.28. The minimum Gasteiger partial charge on any atom is -0.259 e. The molecule has 0 saturated carbocycles. The summed E-state index contributed by atoms with van der Waals surface area (Å²) in [7, 11) is 6.14. The molecule has 4 heteroatoms. The van der Waals surface area contributed by atoms with E-state index in [0.29, 0.717) is 0 Å². The maximum Gasteiger partial charge on any atom is 0.110 e. The second-order valence-electron chi connectivity index (χ2n) is 3.86. The number of fused-ring (bicyclic) bond motifs is 3. The van der Waals surface area contributed by atoms with Crippen LogP contribution in [-0.4, -0.2) is 18.5 Å². The average Bonchev–Trinajstić information content (AvgIpc) is 2.36. The summed E-state index contributed by atoms with van der Waals surface area (Å²) >= 11 is 3.55. The van der Waals surface area contributed by atoms with Crippen LogP contribution >= 0.6 is 15.9 Å². The van der Waals surface area contributed by atoms with Gasteiger partial charge in [-0.05, 0) is 12.5 Å². The normalized spacial score (nSPS) is 22.6. The molecule has 1 aliphatic carbocycles. The third-order valence-corrected chi connectivity index (χ3v) is 3.82. The Balaban J connectivity index is 2.30. The summed E-state index contributed by atoms with van der Waals surface area (Å²) in [5.41, 5.74) is 3.81. The fourth-order valence-corrected chi connectivity index (χ4v) is 2.72. The summed E-state index contributed by atoms with van der Waals surface area (Å²) < 4.78 is 0.954. The fraction of sp³-hybridized carbons (Fsp3) is 0.167. The Morgan fingerprint density at radius 3 is 3.19 bits per heavy atom. The smallest absolute Gasteiger partial charge is 0.110 e. The highest BCUT2D eigenvalue weighted by Crippen LogP contribution is 2.38. The van der Waals surface area contributed by atoms with E-state index >= 15 is 0 Å². The van der Waals surface area contributed by atoms with Gasteiger partial charge in [0.15, 0.2) is 0 Å². The summed E-state index contributed by atoms with van der Waals surface area (Å²) in [6.07, 6.45) is 6.56. The third kappa shape index (κ3) is 1.33. The molecular formula is C12H8BBrN2. The van der Waals surface area contributed by atoms with Crippen molar-refractivity contribution in [2.45, 2.75) is 6.42 Å². The molecule has 0 amide bonds. The van der Waals surface area contributed by atoms with Crippen molar-refractivity contribution in [2.24, 2.45) is 10.9 Å². The minimum absolute atomic E-state index is 0.168. The molecule has 0 fully saturated rings. The summed E-state index contributed by atoms with van der Waals surface area (Å²) in [6.45, 7) is 0. The van der Waals surface area contributed by atoms with Crippen LogP contribution in [0.5, 0.6) is 0 Å². The van der Waals surface area contributed by atoms with Gasteiger partial charge >= 0.3 is 0 Å². The predicted octanol–water partition coefficient (Wildman–Crippen LogP) is 2.65. The quantitative estimate of drug-likeness (QED) is 0.666. The first-order chi connectivity index (χ1) is 7.79. The van der Waals surface area contributed by atoms with E-state index < -0.39 is 0 Å². The Labute approximate surface area is 104 Å². The Kier molecular flexibility index (Phi) is 2.32. The molecule has 2 heterocycles. The van der Waals surface area contributed by atoms with Crippen molar-refractivity contribution < 1.29 is 0 Å². The first kappa shape index (κ1) is 10.0. The van der Waals surface area contributed by atoms with Crippen molar-refractivity contribution in [2.75, 3.05) is 0 Å². The molecule has 1 aliphatic heterocycles. The van der Waals surface area contributed by atoms with Crippen LogP contribution in [0, 0.1) is 5.92 Å².